The van der Waals surface area contributed by atoms with E-state index < -0.39 is 12.1 Å². The van der Waals surface area contributed by atoms with Gasteiger partial charge in [0.15, 0.2) is 0 Å². The van der Waals surface area contributed by atoms with E-state index >= 15 is 0 Å². The molecule has 1 heterocycles. The monoisotopic (exact) mass is 225 g/mol. The fraction of sp³-hybridized carbons (Fsp3) is 0.875. The number of aliphatic carboxylic acids is 1. The van der Waals surface area contributed by atoms with Gasteiger partial charge in [0.05, 0.1) is 32.5 Å². The SMILES string of the molecule is CC1CO1.NCC(=O)O.OCC(O)CO. The Morgan fingerprint density at radius 1 is 1.53 bits per heavy atom. The van der Waals surface area contributed by atoms with Crippen LogP contribution in [-0.2, 0) is 9.53 Å². The van der Waals surface area contributed by atoms with Crippen LogP contribution in [0.4, 0.5) is 0 Å². The Hall–Kier alpha value is -0.730. The maximum absolute atomic E-state index is 9.24. The van der Waals surface area contributed by atoms with E-state index in [1.54, 1.807) is 0 Å². The number of ether oxygens (including phenoxy) is 1. The number of rotatable bonds is 3. The molecule has 0 bridgehead atoms. The highest BCUT2D eigenvalue weighted by Crippen LogP contribution is 2.04. The second-order valence-corrected chi connectivity index (χ2v) is 2.76. The number of hydrogen-bond donors (Lipinski definition) is 5. The summed E-state index contributed by atoms with van der Waals surface area (Å²) in [6, 6.07) is 0. The largest absolute Gasteiger partial charge is 0.480 e. The van der Waals surface area contributed by atoms with E-state index in [0.717, 1.165) is 6.61 Å². The Morgan fingerprint density at radius 2 is 1.80 bits per heavy atom. The lowest BCUT2D eigenvalue weighted by atomic mass is 10.4. The molecule has 0 aliphatic carbocycles. The van der Waals surface area contributed by atoms with Crippen molar-refractivity contribution in [3.8, 4) is 0 Å². The summed E-state index contributed by atoms with van der Waals surface area (Å²) in [7, 11) is 0. The Morgan fingerprint density at radius 3 is 1.80 bits per heavy atom. The van der Waals surface area contributed by atoms with Crippen molar-refractivity contribution in [3.63, 3.8) is 0 Å². The Balaban J connectivity index is 0. The van der Waals surface area contributed by atoms with Crippen molar-refractivity contribution >= 4 is 5.97 Å². The van der Waals surface area contributed by atoms with E-state index in [2.05, 4.69) is 12.7 Å². The minimum atomic E-state index is -0.968. The highest BCUT2D eigenvalue weighted by Gasteiger charge is 2.13. The van der Waals surface area contributed by atoms with Crippen molar-refractivity contribution < 1.29 is 30.0 Å². The van der Waals surface area contributed by atoms with Gasteiger partial charge < -0.3 is 30.9 Å². The van der Waals surface area contributed by atoms with Gasteiger partial charge in [-0.15, -0.1) is 0 Å². The van der Waals surface area contributed by atoms with E-state index in [1.807, 2.05) is 0 Å². The average molecular weight is 225 g/mol. The van der Waals surface area contributed by atoms with Gasteiger partial charge in [0.25, 0.3) is 0 Å². The van der Waals surface area contributed by atoms with Crippen LogP contribution in [0.3, 0.4) is 0 Å². The van der Waals surface area contributed by atoms with Crippen LogP contribution >= 0.6 is 0 Å². The van der Waals surface area contributed by atoms with Crippen LogP contribution in [0, 0.1) is 0 Å². The van der Waals surface area contributed by atoms with E-state index in [9.17, 15) is 4.79 Å². The fourth-order valence-electron chi connectivity index (χ4n) is 0.154. The number of carboxylic acids is 1. The summed E-state index contributed by atoms with van der Waals surface area (Å²) < 4.78 is 4.71. The molecule has 0 radical (unpaired) electrons. The first-order chi connectivity index (χ1) is 6.97. The van der Waals surface area contributed by atoms with E-state index in [-0.39, 0.29) is 19.8 Å². The van der Waals surface area contributed by atoms with Crippen LogP contribution in [-0.4, -0.2) is 65.0 Å². The van der Waals surface area contributed by atoms with Gasteiger partial charge in [-0.3, -0.25) is 4.79 Å². The molecule has 1 aliphatic rings. The standard InChI is InChI=1S/C3H8O3.C3H6O.C2H5NO2/c4-1-3(6)2-5;1-3-2-4-3;3-1-2(4)5/h3-6H,1-2H2;3H,2H2,1H3;1,3H2,(H,4,5). The third kappa shape index (κ3) is 24.6. The van der Waals surface area contributed by atoms with Crippen LogP contribution in [0.1, 0.15) is 6.92 Å². The summed E-state index contributed by atoms with van der Waals surface area (Å²) >= 11 is 0. The highest BCUT2D eigenvalue weighted by atomic mass is 16.6. The van der Waals surface area contributed by atoms with Crippen LogP contribution in [0.5, 0.6) is 0 Å². The van der Waals surface area contributed by atoms with Crippen LogP contribution in [0.25, 0.3) is 0 Å². The highest BCUT2D eigenvalue weighted by molar-refractivity contribution is 5.68. The molecule has 7 heteroatoms. The average Bonchev–Trinajstić information content (AvgIpc) is 3.01. The number of hydrogen-bond acceptors (Lipinski definition) is 6. The molecule has 0 aromatic heterocycles. The molecule has 0 saturated carbocycles. The molecule has 1 rings (SSSR count). The van der Waals surface area contributed by atoms with Crippen molar-refractivity contribution in [3.05, 3.63) is 0 Å². The number of carbonyl (C=O) groups is 1. The zero-order valence-electron chi connectivity index (χ0n) is 8.67. The number of epoxide rings is 1. The number of nitrogens with two attached hydrogens (primary N) is 1. The molecule has 92 valence electrons. The normalized spacial score (nSPS) is 17.1. The third-order valence-corrected chi connectivity index (χ3v) is 1.10. The minimum absolute atomic E-state index is 0.278. The first-order valence-electron chi connectivity index (χ1n) is 4.41. The zero-order valence-corrected chi connectivity index (χ0v) is 8.67. The lowest BCUT2D eigenvalue weighted by Gasteiger charge is -1.96. The predicted molar refractivity (Wildman–Crippen MR) is 52.3 cm³/mol. The van der Waals surface area contributed by atoms with Crippen molar-refractivity contribution in [2.75, 3.05) is 26.4 Å². The molecule has 7 nitrogen and oxygen atoms in total. The molecule has 1 atom stereocenters. The van der Waals surface area contributed by atoms with Crippen molar-refractivity contribution in [1.29, 1.82) is 0 Å². The summed E-state index contributed by atoms with van der Waals surface area (Å²) in [6.45, 7) is 2.03. The van der Waals surface area contributed by atoms with Gasteiger partial charge in [-0.1, -0.05) is 0 Å². The Kier molecular flexibility index (Phi) is 12.6. The van der Waals surface area contributed by atoms with Gasteiger partial charge in [-0.05, 0) is 6.92 Å². The molecular formula is C8H19NO6. The third-order valence-electron chi connectivity index (χ3n) is 1.10. The van der Waals surface area contributed by atoms with Crippen molar-refractivity contribution in [2.24, 2.45) is 5.73 Å². The summed E-state index contributed by atoms with van der Waals surface area (Å²) in [5, 5.41) is 31.6. The minimum Gasteiger partial charge on any atom is -0.480 e. The maximum Gasteiger partial charge on any atom is 0.317 e. The Bertz CT molecular complexity index is 146. The summed E-state index contributed by atoms with van der Waals surface area (Å²) in [5.41, 5.74) is 4.57. The molecular weight excluding hydrogens is 206 g/mol. The molecule has 15 heavy (non-hydrogen) atoms. The molecule has 1 unspecified atom stereocenters. The first kappa shape index (κ1) is 16.7. The lowest BCUT2D eigenvalue weighted by Crippen LogP contribution is -2.15. The number of carboxylic acid groups (broad SMARTS) is 1. The summed E-state index contributed by atoms with van der Waals surface area (Å²) in [5.74, 6) is -0.968. The van der Waals surface area contributed by atoms with Gasteiger partial charge in [-0.25, -0.2) is 0 Å². The van der Waals surface area contributed by atoms with Gasteiger partial charge in [-0.2, -0.15) is 0 Å². The Labute approximate surface area is 88.1 Å². The van der Waals surface area contributed by atoms with Crippen LogP contribution in [0.15, 0.2) is 0 Å². The van der Waals surface area contributed by atoms with Gasteiger partial charge >= 0.3 is 5.97 Å². The molecule has 0 spiro atoms. The molecule has 0 aromatic carbocycles. The van der Waals surface area contributed by atoms with Crippen LogP contribution in [0.2, 0.25) is 0 Å². The molecule has 0 aromatic rings. The topological polar surface area (TPSA) is 137 Å². The van der Waals surface area contributed by atoms with Gasteiger partial charge in [0.2, 0.25) is 0 Å². The lowest BCUT2D eigenvalue weighted by molar-refractivity contribution is -0.135. The van der Waals surface area contributed by atoms with Crippen molar-refractivity contribution in [1.82, 2.24) is 0 Å². The summed E-state index contributed by atoms with van der Waals surface area (Å²) in [4.78, 5) is 9.24. The predicted octanol–water partition coefficient (Wildman–Crippen LogP) is -2.23. The van der Waals surface area contributed by atoms with E-state index in [1.165, 1.54) is 0 Å². The quantitative estimate of drug-likeness (QED) is 0.343. The zero-order chi connectivity index (χ0) is 12.3. The smallest absolute Gasteiger partial charge is 0.317 e. The van der Waals surface area contributed by atoms with Gasteiger partial charge in [0, 0.05) is 0 Å². The van der Waals surface area contributed by atoms with Gasteiger partial charge in [0.1, 0.15) is 6.10 Å². The van der Waals surface area contributed by atoms with E-state index in [4.69, 9.17) is 25.2 Å². The molecule has 6 N–H and O–H groups in total. The first-order valence-corrected chi connectivity index (χ1v) is 4.41. The molecule has 0 amide bonds. The molecule has 1 fully saturated rings. The summed E-state index contributed by atoms with van der Waals surface area (Å²) in [6.07, 6.45) is -0.370. The molecule has 1 aliphatic heterocycles. The second-order valence-electron chi connectivity index (χ2n) is 2.76. The maximum atomic E-state index is 9.24. The van der Waals surface area contributed by atoms with Crippen molar-refractivity contribution in [2.45, 2.75) is 19.1 Å². The van der Waals surface area contributed by atoms with E-state index in [0.29, 0.717) is 6.10 Å². The number of aliphatic hydroxyl groups excluding tert-OH is 3. The number of aliphatic hydroxyl groups is 3. The molecule has 1 saturated heterocycles. The fourth-order valence-corrected chi connectivity index (χ4v) is 0.154. The second kappa shape index (κ2) is 11.3. The van der Waals surface area contributed by atoms with Crippen LogP contribution < -0.4 is 5.73 Å².